The third-order valence-electron chi connectivity index (χ3n) is 5.82. The summed E-state index contributed by atoms with van der Waals surface area (Å²) in [5, 5.41) is 6.87. The summed E-state index contributed by atoms with van der Waals surface area (Å²) in [6, 6.07) is 7.58. The van der Waals surface area contributed by atoms with Crippen LogP contribution in [0.4, 0.5) is 16.8 Å². The number of hydrogen-bond donors (Lipinski definition) is 1. The number of carbonyl (C=O) groups is 1. The number of anilines is 3. The molecule has 35 heavy (non-hydrogen) atoms. The fourth-order valence-corrected chi connectivity index (χ4v) is 5.06. The van der Waals surface area contributed by atoms with Crippen LogP contribution in [0.25, 0.3) is 0 Å². The Balaban J connectivity index is 1.40. The van der Waals surface area contributed by atoms with Gasteiger partial charge in [-0.2, -0.15) is 0 Å². The Morgan fingerprint density at radius 1 is 1.26 bits per heavy atom. The third-order valence-corrected chi connectivity index (χ3v) is 7.26. The zero-order chi connectivity index (χ0) is 24.8. The lowest BCUT2D eigenvalue weighted by atomic mass is 10.0. The van der Waals surface area contributed by atoms with Crippen molar-refractivity contribution in [3.63, 3.8) is 0 Å². The highest BCUT2D eigenvalue weighted by atomic mass is 35.5. The fraction of sp³-hybridized carbons (Fsp3) is 0.375. The van der Waals surface area contributed by atoms with E-state index in [0.29, 0.717) is 33.2 Å². The highest BCUT2D eigenvalue weighted by Crippen LogP contribution is 2.27. The van der Waals surface area contributed by atoms with E-state index in [-0.39, 0.29) is 12.2 Å². The van der Waals surface area contributed by atoms with Crippen molar-refractivity contribution in [3.05, 3.63) is 57.3 Å². The molecule has 0 amide bonds. The van der Waals surface area contributed by atoms with Gasteiger partial charge in [0.25, 0.3) is 0 Å². The number of Topliss-reactive ketones (excluding diaryl/α,β-unsaturated/α-hetero) is 1. The van der Waals surface area contributed by atoms with Crippen LogP contribution in [-0.4, -0.2) is 70.1 Å². The van der Waals surface area contributed by atoms with E-state index in [0.717, 1.165) is 49.7 Å². The standard InChI is InChI=1S/C24H26ClN7OS2/c1-16-4-3-5-19(25)18(16)12-20(33)21-14-27-24(35-21)30-22-13-23(29-17(2)28-22)32-10-8-31(9-11-32)7-6-26-15-34/h3-5,13-14H,6-12H2,1-2H3,(H,27,28,29,30). The summed E-state index contributed by atoms with van der Waals surface area (Å²) < 4.78 is 0. The molecule has 1 aliphatic rings. The largest absolute Gasteiger partial charge is 0.354 e. The second kappa shape index (κ2) is 11.8. The van der Waals surface area contributed by atoms with E-state index in [1.165, 1.54) is 11.3 Å². The first kappa shape index (κ1) is 25.3. The van der Waals surface area contributed by atoms with Crippen molar-refractivity contribution >= 4 is 62.9 Å². The number of hydrogen-bond acceptors (Lipinski definition) is 10. The van der Waals surface area contributed by atoms with Gasteiger partial charge in [0, 0.05) is 50.2 Å². The normalized spacial score (nSPS) is 14.0. The van der Waals surface area contributed by atoms with E-state index in [4.69, 9.17) is 11.6 Å². The number of nitrogens with zero attached hydrogens (tertiary/aromatic N) is 6. The Hall–Kier alpha value is -2.75. The first-order valence-electron chi connectivity index (χ1n) is 11.3. The van der Waals surface area contributed by atoms with Crippen LogP contribution in [0.5, 0.6) is 0 Å². The van der Waals surface area contributed by atoms with E-state index >= 15 is 0 Å². The summed E-state index contributed by atoms with van der Waals surface area (Å²) in [6.07, 6.45) is 1.84. The molecule has 0 atom stereocenters. The lowest BCUT2D eigenvalue weighted by Gasteiger charge is -2.35. The first-order chi connectivity index (χ1) is 16.9. The van der Waals surface area contributed by atoms with Gasteiger partial charge in [0.1, 0.15) is 17.5 Å². The number of halogens is 1. The molecule has 0 unspecified atom stereocenters. The summed E-state index contributed by atoms with van der Waals surface area (Å²) in [7, 11) is 0. The number of aliphatic imine (C=N–C) groups is 1. The van der Waals surface area contributed by atoms with E-state index in [2.05, 4.69) is 52.4 Å². The first-order valence-corrected chi connectivity index (χ1v) is 12.9. The molecule has 4 rings (SSSR count). The molecule has 182 valence electrons. The second-order valence-electron chi connectivity index (χ2n) is 8.25. The second-order valence-corrected chi connectivity index (χ2v) is 9.87. The van der Waals surface area contributed by atoms with Gasteiger partial charge in [0.2, 0.25) is 0 Å². The summed E-state index contributed by atoms with van der Waals surface area (Å²) in [6.45, 7) is 9.00. The average molecular weight is 528 g/mol. The van der Waals surface area contributed by atoms with E-state index in [9.17, 15) is 4.79 Å². The van der Waals surface area contributed by atoms with Gasteiger partial charge in [-0.25, -0.2) is 19.9 Å². The summed E-state index contributed by atoms with van der Waals surface area (Å²) >= 11 is 12.2. The maximum atomic E-state index is 12.8. The van der Waals surface area contributed by atoms with Crippen LogP contribution in [0.2, 0.25) is 5.02 Å². The molecule has 1 aliphatic heterocycles. The number of aromatic nitrogens is 3. The molecule has 1 fully saturated rings. The molecule has 0 bridgehead atoms. The summed E-state index contributed by atoms with van der Waals surface area (Å²) in [5.41, 5.74) is 1.85. The molecule has 1 N–H and O–H groups in total. The molecular formula is C24H26ClN7OS2. The van der Waals surface area contributed by atoms with Crippen molar-refractivity contribution in [1.82, 2.24) is 19.9 Å². The SMILES string of the molecule is Cc1nc(Nc2ncc(C(=O)Cc3c(C)cccc3Cl)s2)cc(N2CCN(CCN=C=S)CC2)n1. The van der Waals surface area contributed by atoms with Crippen LogP contribution >= 0.6 is 35.2 Å². The lowest BCUT2D eigenvalue weighted by molar-refractivity contribution is 0.0996. The number of thiocarbonyl (C=S) groups is 1. The van der Waals surface area contributed by atoms with Crippen molar-refractivity contribution in [2.24, 2.45) is 4.99 Å². The van der Waals surface area contributed by atoms with Gasteiger partial charge in [-0.3, -0.25) is 9.69 Å². The van der Waals surface area contributed by atoms with Gasteiger partial charge in [-0.15, -0.1) is 0 Å². The minimum atomic E-state index is -0.0135. The van der Waals surface area contributed by atoms with Gasteiger partial charge in [0.15, 0.2) is 10.9 Å². The molecule has 0 radical (unpaired) electrons. The van der Waals surface area contributed by atoms with Crippen LogP contribution in [0.1, 0.15) is 26.6 Å². The number of isothiocyanates is 1. The Morgan fingerprint density at radius 2 is 2.06 bits per heavy atom. The minimum Gasteiger partial charge on any atom is -0.354 e. The fourth-order valence-electron chi connectivity index (χ4n) is 3.92. The molecule has 11 heteroatoms. The van der Waals surface area contributed by atoms with Crippen LogP contribution < -0.4 is 10.2 Å². The topological polar surface area (TPSA) is 86.6 Å². The maximum Gasteiger partial charge on any atom is 0.188 e. The zero-order valence-corrected chi connectivity index (χ0v) is 22.0. The molecule has 1 saturated heterocycles. The molecule has 0 saturated carbocycles. The monoisotopic (exact) mass is 527 g/mol. The van der Waals surface area contributed by atoms with Crippen LogP contribution in [-0.2, 0) is 6.42 Å². The van der Waals surface area contributed by atoms with Gasteiger partial charge >= 0.3 is 0 Å². The molecule has 3 heterocycles. The molecule has 0 spiro atoms. The van der Waals surface area contributed by atoms with Crippen molar-refractivity contribution in [2.45, 2.75) is 20.3 Å². The highest BCUT2D eigenvalue weighted by Gasteiger charge is 2.19. The van der Waals surface area contributed by atoms with Gasteiger partial charge in [-0.1, -0.05) is 35.1 Å². The highest BCUT2D eigenvalue weighted by molar-refractivity contribution is 7.78. The smallest absolute Gasteiger partial charge is 0.188 e. The van der Waals surface area contributed by atoms with E-state index in [1.807, 2.05) is 38.1 Å². The Labute approximate surface area is 219 Å². The quantitative estimate of drug-likeness (QED) is 0.245. The van der Waals surface area contributed by atoms with Gasteiger partial charge < -0.3 is 10.2 Å². The number of piperazine rings is 1. The predicted molar refractivity (Wildman–Crippen MR) is 145 cm³/mol. The van der Waals surface area contributed by atoms with Crippen molar-refractivity contribution in [2.75, 3.05) is 49.5 Å². The van der Waals surface area contributed by atoms with Gasteiger partial charge in [0.05, 0.1) is 22.8 Å². The minimum absolute atomic E-state index is 0.0135. The van der Waals surface area contributed by atoms with Crippen LogP contribution in [0.3, 0.4) is 0 Å². The predicted octanol–water partition coefficient (Wildman–Crippen LogP) is 4.60. The Bertz CT molecular complexity index is 1230. The number of benzene rings is 1. The molecule has 0 aliphatic carbocycles. The molecule has 2 aromatic heterocycles. The van der Waals surface area contributed by atoms with E-state index < -0.39 is 0 Å². The summed E-state index contributed by atoms with van der Waals surface area (Å²) in [5.74, 6) is 2.18. The molecule has 1 aromatic carbocycles. The average Bonchev–Trinajstić information content (AvgIpc) is 3.30. The number of aryl methyl sites for hydroxylation is 2. The van der Waals surface area contributed by atoms with E-state index in [1.54, 1.807) is 6.20 Å². The number of thiazole rings is 1. The number of ketones is 1. The van der Waals surface area contributed by atoms with Crippen molar-refractivity contribution in [3.8, 4) is 0 Å². The number of nitrogens with one attached hydrogen (secondary N) is 1. The maximum absolute atomic E-state index is 12.8. The van der Waals surface area contributed by atoms with Crippen molar-refractivity contribution < 1.29 is 4.79 Å². The van der Waals surface area contributed by atoms with Crippen molar-refractivity contribution in [1.29, 1.82) is 0 Å². The lowest BCUT2D eigenvalue weighted by Crippen LogP contribution is -2.47. The van der Waals surface area contributed by atoms with Crippen LogP contribution in [0.15, 0.2) is 35.5 Å². The zero-order valence-electron chi connectivity index (χ0n) is 19.6. The summed E-state index contributed by atoms with van der Waals surface area (Å²) in [4.78, 5) is 35.5. The number of rotatable bonds is 9. The number of carbonyl (C=O) groups excluding carboxylic acids is 1. The molecular weight excluding hydrogens is 502 g/mol. The third kappa shape index (κ3) is 6.68. The Kier molecular flexibility index (Phi) is 8.54. The molecule has 3 aromatic rings. The van der Waals surface area contributed by atoms with Gasteiger partial charge in [-0.05, 0) is 43.3 Å². The molecule has 8 nitrogen and oxygen atoms in total. The van der Waals surface area contributed by atoms with Crippen LogP contribution in [0, 0.1) is 13.8 Å². The Morgan fingerprint density at radius 3 is 2.80 bits per heavy atom.